The van der Waals surface area contributed by atoms with Crippen LogP contribution < -0.4 is 0 Å². The van der Waals surface area contributed by atoms with Crippen LogP contribution in [-0.4, -0.2) is 37.2 Å². The predicted molar refractivity (Wildman–Crippen MR) is 344 cm³/mol. The number of esters is 3. The van der Waals surface area contributed by atoms with Gasteiger partial charge in [-0.15, -0.1) is 0 Å². The Morgan fingerprint density at radius 1 is 0.266 bits per heavy atom. The quantitative estimate of drug-likeness (QED) is 0.0261. The van der Waals surface area contributed by atoms with Crippen molar-refractivity contribution in [3.8, 4) is 0 Å². The number of hydrogen-bond donors (Lipinski definition) is 0. The van der Waals surface area contributed by atoms with Gasteiger partial charge in [-0.05, 0) is 83.5 Å². The highest BCUT2D eigenvalue weighted by Gasteiger charge is 2.19. The van der Waals surface area contributed by atoms with Crippen LogP contribution >= 0.6 is 0 Å². The van der Waals surface area contributed by atoms with Crippen molar-refractivity contribution in [3.05, 3.63) is 60.8 Å². The Labute approximate surface area is 491 Å². The van der Waals surface area contributed by atoms with E-state index in [1.54, 1.807) is 0 Å². The molecule has 1 atom stereocenters. The van der Waals surface area contributed by atoms with Gasteiger partial charge in [-0.1, -0.05) is 326 Å². The zero-order chi connectivity index (χ0) is 57.1. The van der Waals surface area contributed by atoms with Crippen molar-refractivity contribution in [2.24, 2.45) is 0 Å². The standard InChI is InChI=1S/C73H132O6/c1-4-7-10-13-16-19-22-25-28-30-32-34-35-36-37-38-39-40-42-43-45-48-51-54-57-60-63-66-72(75)78-69-70(68-77-71(74)65-62-59-56-53-50-47-27-24-21-18-15-12-9-6-3)79-73(76)67-64-61-58-55-52-49-46-44-41-33-31-29-26-23-20-17-14-11-8-5-2/h7,10,16,19,24-25,27-28,32,34,70H,4-6,8-9,11-15,17-18,20-23,26,29-31,33,35-69H2,1-3H3/b10-7-,19-16-,27-24-,28-25-,34-32-. The van der Waals surface area contributed by atoms with E-state index >= 15 is 0 Å². The maximum Gasteiger partial charge on any atom is 0.306 e. The van der Waals surface area contributed by atoms with Crippen molar-refractivity contribution >= 4 is 17.9 Å². The SMILES string of the molecule is CC/C=C\C/C=C\C/C=C\C/C=C\CCCCCCCCCCCCCCCCC(=O)OCC(COC(=O)CCCCCCC/C=C\CCCCCCC)OC(=O)CCCCCCCCCCCCCCCCCCCCCC. The maximum absolute atomic E-state index is 12.9. The Hall–Kier alpha value is -2.89. The summed E-state index contributed by atoms with van der Waals surface area (Å²) in [5, 5.41) is 0. The van der Waals surface area contributed by atoms with Gasteiger partial charge in [0.15, 0.2) is 6.10 Å². The fraction of sp³-hybridized carbons (Fsp3) is 0.822. The van der Waals surface area contributed by atoms with E-state index in [1.165, 1.54) is 238 Å². The van der Waals surface area contributed by atoms with Crippen LogP contribution in [0, 0.1) is 0 Å². The maximum atomic E-state index is 12.9. The third-order valence-electron chi connectivity index (χ3n) is 15.5. The second-order valence-corrected chi connectivity index (χ2v) is 23.4. The molecule has 0 bridgehead atoms. The number of carbonyl (C=O) groups excluding carboxylic acids is 3. The summed E-state index contributed by atoms with van der Waals surface area (Å²) in [5.74, 6) is -0.856. The Kier molecular flexibility index (Phi) is 65.1. The van der Waals surface area contributed by atoms with E-state index < -0.39 is 6.10 Å². The highest BCUT2D eigenvalue weighted by Crippen LogP contribution is 2.18. The molecule has 460 valence electrons. The molecule has 0 amide bonds. The minimum absolute atomic E-state index is 0.0723. The first-order valence-corrected chi connectivity index (χ1v) is 34.8. The van der Waals surface area contributed by atoms with Crippen molar-refractivity contribution in [3.63, 3.8) is 0 Å². The molecule has 0 saturated carbocycles. The van der Waals surface area contributed by atoms with Crippen molar-refractivity contribution in [2.45, 2.75) is 374 Å². The van der Waals surface area contributed by atoms with Crippen LogP contribution in [0.1, 0.15) is 367 Å². The van der Waals surface area contributed by atoms with Gasteiger partial charge < -0.3 is 14.2 Å². The van der Waals surface area contributed by atoms with Crippen molar-refractivity contribution in [1.82, 2.24) is 0 Å². The Bertz CT molecular complexity index is 1410. The minimum Gasteiger partial charge on any atom is -0.462 e. The molecule has 0 heterocycles. The minimum atomic E-state index is -0.776. The Balaban J connectivity index is 4.25. The molecule has 0 N–H and O–H groups in total. The zero-order valence-electron chi connectivity index (χ0n) is 52.9. The Morgan fingerprint density at radius 3 is 0.785 bits per heavy atom. The number of hydrogen-bond acceptors (Lipinski definition) is 6. The lowest BCUT2D eigenvalue weighted by atomic mass is 10.0. The average molecular weight is 1110 g/mol. The van der Waals surface area contributed by atoms with Gasteiger partial charge in [-0.2, -0.15) is 0 Å². The summed E-state index contributed by atoms with van der Waals surface area (Å²) in [6.07, 6.45) is 86.7. The van der Waals surface area contributed by atoms with E-state index in [2.05, 4.69) is 81.5 Å². The van der Waals surface area contributed by atoms with Crippen LogP contribution in [0.15, 0.2) is 60.8 Å². The lowest BCUT2D eigenvalue weighted by Crippen LogP contribution is -2.30. The summed E-state index contributed by atoms with van der Waals surface area (Å²) in [5.41, 5.74) is 0. The van der Waals surface area contributed by atoms with Crippen LogP contribution in [0.3, 0.4) is 0 Å². The number of ether oxygens (including phenoxy) is 3. The smallest absolute Gasteiger partial charge is 0.306 e. The molecule has 0 aliphatic carbocycles. The van der Waals surface area contributed by atoms with Crippen LogP contribution in [-0.2, 0) is 28.6 Å². The van der Waals surface area contributed by atoms with Crippen LogP contribution in [0.2, 0.25) is 0 Å². The summed E-state index contributed by atoms with van der Waals surface area (Å²) in [7, 11) is 0. The van der Waals surface area contributed by atoms with Crippen LogP contribution in [0.25, 0.3) is 0 Å². The highest BCUT2D eigenvalue weighted by molar-refractivity contribution is 5.71. The lowest BCUT2D eigenvalue weighted by Gasteiger charge is -2.18. The molecule has 0 aromatic carbocycles. The first-order valence-electron chi connectivity index (χ1n) is 34.8. The third-order valence-corrected chi connectivity index (χ3v) is 15.5. The first-order chi connectivity index (χ1) is 39.0. The van der Waals surface area contributed by atoms with Crippen molar-refractivity contribution in [1.29, 1.82) is 0 Å². The number of allylic oxidation sites excluding steroid dienone is 10. The van der Waals surface area contributed by atoms with Gasteiger partial charge in [0.2, 0.25) is 0 Å². The molecule has 0 spiro atoms. The summed E-state index contributed by atoms with van der Waals surface area (Å²) in [6.45, 7) is 6.58. The van der Waals surface area contributed by atoms with Gasteiger partial charge in [0.25, 0.3) is 0 Å². The largest absolute Gasteiger partial charge is 0.462 e. The fourth-order valence-corrected chi connectivity index (χ4v) is 10.3. The lowest BCUT2D eigenvalue weighted by molar-refractivity contribution is -0.167. The summed E-state index contributed by atoms with van der Waals surface area (Å²) in [4.78, 5) is 38.4. The van der Waals surface area contributed by atoms with Crippen LogP contribution in [0.5, 0.6) is 0 Å². The van der Waals surface area contributed by atoms with E-state index in [0.29, 0.717) is 19.3 Å². The van der Waals surface area contributed by atoms with Crippen molar-refractivity contribution < 1.29 is 28.6 Å². The molecule has 0 rings (SSSR count). The van der Waals surface area contributed by atoms with E-state index in [9.17, 15) is 14.4 Å². The van der Waals surface area contributed by atoms with Gasteiger partial charge in [0.1, 0.15) is 13.2 Å². The molecule has 0 saturated heterocycles. The molecule has 6 heteroatoms. The van der Waals surface area contributed by atoms with Gasteiger partial charge in [-0.3, -0.25) is 14.4 Å². The van der Waals surface area contributed by atoms with E-state index in [4.69, 9.17) is 14.2 Å². The molecule has 1 unspecified atom stereocenters. The molecule has 0 radical (unpaired) electrons. The van der Waals surface area contributed by atoms with E-state index in [-0.39, 0.29) is 31.1 Å². The zero-order valence-corrected chi connectivity index (χ0v) is 52.9. The molecule has 0 fully saturated rings. The Morgan fingerprint density at radius 2 is 0.494 bits per heavy atom. The van der Waals surface area contributed by atoms with Crippen molar-refractivity contribution in [2.75, 3.05) is 13.2 Å². The average Bonchev–Trinajstić information content (AvgIpc) is 3.45. The summed E-state index contributed by atoms with van der Waals surface area (Å²) < 4.78 is 17.0. The monoisotopic (exact) mass is 1110 g/mol. The second kappa shape index (κ2) is 67.6. The van der Waals surface area contributed by atoms with Gasteiger partial charge >= 0.3 is 17.9 Å². The molecular formula is C73H132O6. The highest BCUT2D eigenvalue weighted by atomic mass is 16.6. The molecule has 6 nitrogen and oxygen atoms in total. The van der Waals surface area contributed by atoms with E-state index in [0.717, 1.165) is 89.9 Å². The third kappa shape index (κ3) is 65.8. The molecule has 0 aliphatic rings. The molecule has 0 aliphatic heterocycles. The molecular weight excluding hydrogens is 973 g/mol. The molecule has 0 aromatic rings. The summed E-state index contributed by atoms with van der Waals surface area (Å²) in [6, 6.07) is 0. The van der Waals surface area contributed by atoms with Gasteiger partial charge in [0.05, 0.1) is 0 Å². The number of unbranched alkanes of at least 4 members (excludes halogenated alkanes) is 43. The van der Waals surface area contributed by atoms with Gasteiger partial charge in [-0.25, -0.2) is 0 Å². The topological polar surface area (TPSA) is 78.9 Å². The fourth-order valence-electron chi connectivity index (χ4n) is 10.3. The molecule has 0 aromatic heterocycles. The van der Waals surface area contributed by atoms with E-state index in [1.807, 2.05) is 0 Å². The van der Waals surface area contributed by atoms with Gasteiger partial charge in [0, 0.05) is 19.3 Å². The number of carbonyl (C=O) groups is 3. The first kappa shape index (κ1) is 76.1. The molecule has 79 heavy (non-hydrogen) atoms. The summed E-state index contributed by atoms with van der Waals surface area (Å²) >= 11 is 0. The second-order valence-electron chi connectivity index (χ2n) is 23.4. The number of rotatable bonds is 64. The van der Waals surface area contributed by atoms with Crippen LogP contribution in [0.4, 0.5) is 0 Å². The normalized spacial score (nSPS) is 12.4. The predicted octanol–water partition coefficient (Wildman–Crippen LogP) is 23.9.